The number of rotatable bonds is 25. The Labute approximate surface area is 270 Å². The van der Waals surface area contributed by atoms with E-state index in [1.165, 1.54) is 15.9 Å². The number of amides is 1. The van der Waals surface area contributed by atoms with Crippen LogP contribution in [0.15, 0.2) is 53.6 Å². The third-order valence-electron chi connectivity index (χ3n) is 6.98. The van der Waals surface area contributed by atoms with Crippen molar-refractivity contribution in [2.75, 3.05) is 79.2 Å². The number of nitrogens with zero attached hydrogens (tertiary/aromatic N) is 3. The SMILES string of the molecule is CCc1cccc([Si](C)(C)O[Si](C)(C)c2cccc(CC(=O)NCCOCCOCCOCCOCCOCCN=[N+]=[N-])c2)c1. The fourth-order valence-corrected chi connectivity index (χ4v) is 12.7. The van der Waals surface area contributed by atoms with Crippen LogP contribution in [0.2, 0.25) is 26.2 Å². The third-order valence-corrected chi connectivity index (χ3v) is 14.5. The first-order valence-electron chi connectivity index (χ1n) is 15.7. The Balaban J connectivity index is 1.55. The van der Waals surface area contributed by atoms with Gasteiger partial charge in [-0.15, -0.1) is 0 Å². The zero-order chi connectivity index (χ0) is 32.8. The molecular formula is C32H52N4O7Si2. The minimum absolute atomic E-state index is 0.0301. The predicted octanol–water partition coefficient (Wildman–Crippen LogP) is 3.84. The van der Waals surface area contributed by atoms with Crippen molar-refractivity contribution < 1.29 is 32.6 Å². The number of aryl methyl sites for hydroxylation is 1. The quantitative estimate of drug-likeness (QED) is 0.0563. The number of nitrogens with one attached hydrogen (secondary N) is 1. The van der Waals surface area contributed by atoms with Gasteiger partial charge in [0.1, 0.15) is 0 Å². The fourth-order valence-electron chi connectivity index (χ4n) is 4.62. The number of carbonyl (C=O) groups excluding carboxylic acids is 1. The molecule has 0 spiro atoms. The van der Waals surface area contributed by atoms with E-state index in [2.05, 4.69) is 84.9 Å². The van der Waals surface area contributed by atoms with Crippen molar-refractivity contribution in [2.45, 2.75) is 46.0 Å². The molecule has 0 saturated carbocycles. The molecule has 0 radical (unpaired) electrons. The van der Waals surface area contributed by atoms with Crippen molar-refractivity contribution in [3.8, 4) is 0 Å². The molecule has 13 heteroatoms. The van der Waals surface area contributed by atoms with Gasteiger partial charge in [-0.25, -0.2) is 0 Å². The summed E-state index contributed by atoms with van der Waals surface area (Å²) in [6.45, 7) is 16.5. The summed E-state index contributed by atoms with van der Waals surface area (Å²) in [6.07, 6.45) is 1.33. The molecule has 0 aromatic heterocycles. The lowest BCUT2D eigenvalue weighted by molar-refractivity contribution is -0.120. The standard InChI is InChI=1S/C32H52N4O7Si2/c1-6-28-9-7-11-30(25-28)44(2,3)43-45(4,5)31-12-8-10-29(26-31)27-32(37)34-13-15-38-17-19-40-21-23-42-24-22-41-20-18-39-16-14-35-36-33/h7-12,25-26H,6,13-24,27H2,1-5H3,(H,34,37). The summed E-state index contributed by atoms with van der Waals surface area (Å²) < 4.78 is 34.1. The minimum Gasteiger partial charge on any atom is -0.449 e. The van der Waals surface area contributed by atoms with Gasteiger partial charge in [0, 0.05) is 18.0 Å². The Hall–Kier alpha value is -2.59. The zero-order valence-electron chi connectivity index (χ0n) is 27.7. The largest absolute Gasteiger partial charge is 0.449 e. The maximum Gasteiger partial charge on any atom is 0.224 e. The van der Waals surface area contributed by atoms with Crippen LogP contribution in [0.3, 0.4) is 0 Å². The zero-order valence-corrected chi connectivity index (χ0v) is 29.7. The summed E-state index contributed by atoms with van der Waals surface area (Å²) in [5.41, 5.74) is 10.5. The smallest absolute Gasteiger partial charge is 0.224 e. The van der Waals surface area contributed by atoms with Crippen LogP contribution in [-0.4, -0.2) is 102 Å². The molecule has 0 aliphatic carbocycles. The fraction of sp³-hybridized carbons (Fsp3) is 0.594. The molecule has 2 aromatic rings. The minimum atomic E-state index is -2.21. The molecule has 0 saturated heterocycles. The van der Waals surface area contributed by atoms with Crippen LogP contribution >= 0.6 is 0 Å². The first kappa shape index (κ1) is 38.6. The summed E-state index contributed by atoms with van der Waals surface area (Å²) in [4.78, 5) is 15.2. The molecule has 2 rings (SSSR count). The second-order valence-electron chi connectivity index (χ2n) is 11.4. The monoisotopic (exact) mass is 660 g/mol. The lowest BCUT2D eigenvalue weighted by Gasteiger charge is -2.35. The summed E-state index contributed by atoms with van der Waals surface area (Å²) in [5, 5.41) is 8.84. The highest BCUT2D eigenvalue weighted by Crippen LogP contribution is 2.17. The molecular weight excluding hydrogens is 609 g/mol. The van der Waals surface area contributed by atoms with E-state index in [9.17, 15) is 4.79 Å². The number of ether oxygens (including phenoxy) is 5. The van der Waals surface area contributed by atoms with E-state index in [1.807, 2.05) is 12.1 Å². The number of carbonyl (C=O) groups is 1. The van der Waals surface area contributed by atoms with Gasteiger partial charge >= 0.3 is 0 Å². The van der Waals surface area contributed by atoms with Crippen molar-refractivity contribution in [1.82, 2.24) is 5.32 Å². The van der Waals surface area contributed by atoms with Gasteiger partial charge in [-0.3, -0.25) is 4.79 Å². The number of hydrogen-bond acceptors (Lipinski definition) is 8. The maximum absolute atomic E-state index is 12.6. The lowest BCUT2D eigenvalue weighted by Crippen LogP contribution is -2.57. The van der Waals surface area contributed by atoms with Crippen LogP contribution in [0.4, 0.5) is 0 Å². The highest BCUT2D eigenvalue weighted by atomic mass is 28.4. The maximum atomic E-state index is 12.6. The molecule has 0 unspecified atom stereocenters. The van der Waals surface area contributed by atoms with Crippen LogP contribution in [0.25, 0.3) is 10.4 Å². The van der Waals surface area contributed by atoms with Crippen LogP contribution in [0, 0.1) is 0 Å². The van der Waals surface area contributed by atoms with Crippen molar-refractivity contribution in [3.63, 3.8) is 0 Å². The highest BCUT2D eigenvalue weighted by molar-refractivity contribution is 6.96. The Bertz CT molecular complexity index is 1180. The van der Waals surface area contributed by atoms with E-state index >= 15 is 0 Å². The van der Waals surface area contributed by atoms with Crippen molar-refractivity contribution >= 4 is 32.9 Å². The first-order chi connectivity index (χ1) is 21.7. The summed E-state index contributed by atoms with van der Waals surface area (Å²) >= 11 is 0. The van der Waals surface area contributed by atoms with Gasteiger partial charge in [0.05, 0.1) is 72.5 Å². The predicted molar refractivity (Wildman–Crippen MR) is 182 cm³/mol. The second kappa shape index (κ2) is 22.0. The molecule has 1 N–H and O–H groups in total. The van der Waals surface area contributed by atoms with Crippen molar-refractivity contribution in [2.24, 2.45) is 5.11 Å². The Morgan fingerprint density at radius 1 is 0.733 bits per heavy atom. The van der Waals surface area contributed by atoms with E-state index < -0.39 is 16.6 Å². The first-order valence-corrected chi connectivity index (χ1v) is 21.5. The Kier molecular flexibility index (Phi) is 18.9. The van der Waals surface area contributed by atoms with E-state index in [0.717, 1.165) is 12.0 Å². The molecule has 0 bridgehead atoms. The van der Waals surface area contributed by atoms with Gasteiger partial charge in [0.2, 0.25) is 22.5 Å². The molecule has 1 amide bonds. The van der Waals surface area contributed by atoms with E-state index in [4.69, 9.17) is 33.3 Å². The number of benzene rings is 2. The Morgan fingerprint density at radius 2 is 1.20 bits per heavy atom. The van der Waals surface area contributed by atoms with Gasteiger partial charge in [0.25, 0.3) is 0 Å². The van der Waals surface area contributed by atoms with Crippen molar-refractivity contribution in [3.05, 3.63) is 70.1 Å². The normalized spacial score (nSPS) is 11.8. The van der Waals surface area contributed by atoms with Gasteiger partial charge in [-0.2, -0.15) is 0 Å². The molecule has 0 fully saturated rings. The molecule has 0 aliphatic rings. The third kappa shape index (κ3) is 16.5. The summed E-state index contributed by atoms with van der Waals surface area (Å²) in [6, 6.07) is 17.1. The van der Waals surface area contributed by atoms with Crippen molar-refractivity contribution in [1.29, 1.82) is 0 Å². The van der Waals surface area contributed by atoms with Gasteiger partial charge < -0.3 is 33.1 Å². The van der Waals surface area contributed by atoms with Gasteiger partial charge in [-0.1, -0.05) is 60.6 Å². The van der Waals surface area contributed by atoms with Gasteiger partial charge in [0.15, 0.2) is 0 Å². The van der Waals surface area contributed by atoms with Gasteiger partial charge in [-0.05, 0) is 59.6 Å². The topological polar surface area (TPSA) is 133 Å². The second-order valence-corrected chi connectivity index (χ2v) is 19.4. The van der Waals surface area contributed by atoms with E-state index in [1.54, 1.807) is 0 Å². The van der Waals surface area contributed by atoms with E-state index in [0.29, 0.717) is 85.6 Å². The summed E-state index contributed by atoms with van der Waals surface area (Å²) in [5.74, 6) is -0.0301. The average molecular weight is 661 g/mol. The Morgan fingerprint density at radius 3 is 1.71 bits per heavy atom. The molecule has 45 heavy (non-hydrogen) atoms. The number of azide groups is 1. The molecule has 2 aromatic carbocycles. The molecule has 0 heterocycles. The molecule has 0 aliphatic heterocycles. The molecule has 11 nitrogen and oxygen atoms in total. The van der Waals surface area contributed by atoms with E-state index in [-0.39, 0.29) is 5.91 Å². The molecule has 250 valence electrons. The van der Waals surface area contributed by atoms with Crippen LogP contribution < -0.4 is 15.7 Å². The average Bonchev–Trinajstić information content (AvgIpc) is 3.02. The molecule has 0 atom stereocenters. The summed E-state index contributed by atoms with van der Waals surface area (Å²) in [7, 11) is -4.32. The van der Waals surface area contributed by atoms with Crippen LogP contribution in [0.5, 0.6) is 0 Å². The lowest BCUT2D eigenvalue weighted by atomic mass is 10.1. The number of hydrogen-bond donors (Lipinski definition) is 1. The highest BCUT2D eigenvalue weighted by Gasteiger charge is 2.36. The van der Waals surface area contributed by atoms with Crippen LogP contribution in [0.1, 0.15) is 18.1 Å². The van der Waals surface area contributed by atoms with Crippen LogP contribution in [-0.2, 0) is 45.4 Å².